The van der Waals surface area contributed by atoms with Crippen molar-refractivity contribution >= 4 is 11.8 Å². The van der Waals surface area contributed by atoms with E-state index in [1.807, 2.05) is 31.1 Å². The highest BCUT2D eigenvalue weighted by molar-refractivity contribution is 5.87. The largest absolute Gasteiger partial charge is 0.344 e. The van der Waals surface area contributed by atoms with Gasteiger partial charge in [0.25, 0.3) is 0 Å². The maximum Gasteiger partial charge on any atom is 0.245 e. The fraction of sp³-hybridized carbons (Fsp3) is 0.722. The van der Waals surface area contributed by atoms with Crippen LogP contribution in [0, 0.1) is 5.92 Å². The average Bonchev–Trinajstić information content (AvgIpc) is 3.01. The van der Waals surface area contributed by atoms with E-state index >= 15 is 0 Å². The van der Waals surface area contributed by atoms with Crippen molar-refractivity contribution in [1.82, 2.24) is 19.8 Å². The number of nitrogens with one attached hydrogen (secondary N) is 1. The summed E-state index contributed by atoms with van der Waals surface area (Å²) in [6.07, 6.45) is 5.72. The first-order valence-electron chi connectivity index (χ1n) is 8.89. The topological polar surface area (TPSA) is 67.2 Å². The molecule has 0 saturated carbocycles. The number of carbonyl (C=O) groups excluding carboxylic acids is 2. The highest BCUT2D eigenvalue weighted by Crippen LogP contribution is 2.29. The molecule has 1 aromatic rings. The Bertz CT molecular complexity index is 571. The van der Waals surface area contributed by atoms with Gasteiger partial charge in [-0.1, -0.05) is 13.8 Å². The number of aromatic nitrogens is 2. The minimum Gasteiger partial charge on any atom is -0.344 e. The molecular formula is C18H30N4O2. The van der Waals surface area contributed by atoms with E-state index in [4.69, 9.17) is 0 Å². The molecule has 1 N–H and O–H groups in total. The molecule has 1 saturated heterocycles. The summed E-state index contributed by atoms with van der Waals surface area (Å²) in [5, 5.41) is 2.79. The van der Waals surface area contributed by atoms with Crippen LogP contribution < -0.4 is 5.32 Å². The minimum absolute atomic E-state index is 0.0332. The van der Waals surface area contributed by atoms with E-state index in [9.17, 15) is 9.59 Å². The molecule has 0 bridgehead atoms. The summed E-state index contributed by atoms with van der Waals surface area (Å²) in [4.78, 5) is 30.5. The van der Waals surface area contributed by atoms with Gasteiger partial charge in [-0.15, -0.1) is 0 Å². The van der Waals surface area contributed by atoms with Crippen LogP contribution in [0.1, 0.15) is 65.2 Å². The summed E-state index contributed by atoms with van der Waals surface area (Å²) in [6, 6.07) is -0.0380. The molecule has 1 aliphatic heterocycles. The quantitative estimate of drug-likeness (QED) is 0.898. The number of rotatable bonds is 5. The van der Waals surface area contributed by atoms with Crippen molar-refractivity contribution in [2.24, 2.45) is 5.92 Å². The zero-order chi connectivity index (χ0) is 17.9. The molecule has 2 rings (SSSR count). The van der Waals surface area contributed by atoms with Crippen LogP contribution in [-0.4, -0.2) is 45.4 Å². The molecule has 1 atom stereocenters. The van der Waals surface area contributed by atoms with E-state index in [1.165, 1.54) is 6.92 Å². The lowest BCUT2D eigenvalue weighted by Crippen LogP contribution is -2.52. The van der Waals surface area contributed by atoms with Gasteiger partial charge in [0.2, 0.25) is 11.8 Å². The molecule has 1 aromatic heterocycles. The van der Waals surface area contributed by atoms with Crippen molar-refractivity contribution in [3.05, 3.63) is 18.2 Å². The molecule has 0 unspecified atom stereocenters. The van der Waals surface area contributed by atoms with Crippen molar-refractivity contribution < 1.29 is 9.59 Å². The van der Waals surface area contributed by atoms with Crippen molar-refractivity contribution in [1.29, 1.82) is 0 Å². The van der Waals surface area contributed by atoms with E-state index in [1.54, 1.807) is 0 Å². The second-order valence-corrected chi connectivity index (χ2v) is 7.31. The number of likely N-dealkylation sites (tertiary alicyclic amines) is 1. The third kappa shape index (κ3) is 4.16. The lowest BCUT2D eigenvalue weighted by molar-refractivity contribution is -0.138. The SMILES string of the molecule is CC(=O)N[C@H](C(=O)N1CCC(c2nccn2C(C)C)CC1)C(C)C. The minimum atomic E-state index is -0.434. The summed E-state index contributed by atoms with van der Waals surface area (Å²) in [7, 11) is 0. The number of nitrogens with zero attached hydrogens (tertiary/aromatic N) is 3. The maximum atomic E-state index is 12.7. The standard InChI is InChI=1S/C18H30N4O2/c1-12(2)16(20-14(5)23)18(24)21-9-6-15(7-10-21)17-19-8-11-22(17)13(3)4/h8,11-13,15-16H,6-7,9-10H2,1-5H3,(H,20,23)/t16-/m0/s1. The van der Waals surface area contributed by atoms with E-state index < -0.39 is 6.04 Å². The van der Waals surface area contributed by atoms with Crippen molar-refractivity contribution in [2.45, 2.75) is 65.5 Å². The second kappa shape index (κ2) is 7.81. The van der Waals surface area contributed by atoms with Crippen LogP contribution in [0.3, 0.4) is 0 Å². The molecule has 6 nitrogen and oxygen atoms in total. The van der Waals surface area contributed by atoms with Crippen LogP contribution in [0.15, 0.2) is 12.4 Å². The van der Waals surface area contributed by atoms with Crippen LogP contribution in [0.4, 0.5) is 0 Å². The number of carbonyl (C=O) groups is 2. The lowest BCUT2D eigenvalue weighted by Gasteiger charge is -2.35. The molecule has 0 aliphatic carbocycles. The van der Waals surface area contributed by atoms with E-state index in [2.05, 4.69) is 28.7 Å². The average molecular weight is 334 g/mol. The fourth-order valence-electron chi connectivity index (χ4n) is 3.36. The summed E-state index contributed by atoms with van der Waals surface area (Å²) in [5.41, 5.74) is 0. The maximum absolute atomic E-state index is 12.7. The molecule has 0 radical (unpaired) electrons. The molecule has 134 valence electrons. The van der Waals surface area contributed by atoms with Gasteiger partial charge in [0.1, 0.15) is 11.9 Å². The number of hydrogen-bond donors (Lipinski definition) is 1. The highest BCUT2D eigenvalue weighted by Gasteiger charge is 2.32. The first kappa shape index (κ1) is 18.5. The zero-order valence-electron chi connectivity index (χ0n) is 15.5. The van der Waals surface area contributed by atoms with Gasteiger partial charge in [0.05, 0.1) is 0 Å². The molecule has 6 heteroatoms. The van der Waals surface area contributed by atoms with Gasteiger partial charge in [-0.25, -0.2) is 4.98 Å². The Morgan fingerprint density at radius 1 is 1.21 bits per heavy atom. The van der Waals surface area contributed by atoms with E-state index in [0.29, 0.717) is 12.0 Å². The Morgan fingerprint density at radius 3 is 2.33 bits per heavy atom. The van der Waals surface area contributed by atoms with Gasteiger partial charge in [-0.2, -0.15) is 0 Å². The summed E-state index contributed by atoms with van der Waals surface area (Å²) in [6.45, 7) is 11.1. The molecule has 2 amide bonds. The first-order valence-corrected chi connectivity index (χ1v) is 8.89. The van der Waals surface area contributed by atoms with Crippen LogP contribution in [-0.2, 0) is 9.59 Å². The molecule has 0 spiro atoms. The number of imidazole rings is 1. The van der Waals surface area contributed by atoms with Gasteiger partial charge in [-0.05, 0) is 32.6 Å². The van der Waals surface area contributed by atoms with Gasteiger partial charge < -0.3 is 14.8 Å². The second-order valence-electron chi connectivity index (χ2n) is 7.31. The molecule has 24 heavy (non-hydrogen) atoms. The lowest BCUT2D eigenvalue weighted by atomic mass is 9.94. The predicted molar refractivity (Wildman–Crippen MR) is 93.6 cm³/mol. The van der Waals surface area contributed by atoms with E-state index in [0.717, 1.165) is 31.8 Å². The van der Waals surface area contributed by atoms with Gasteiger partial charge >= 0.3 is 0 Å². The van der Waals surface area contributed by atoms with Gasteiger partial charge in [0.15, 0.2) is 0 Å². The Balaban J connectivity index is 2.00. The summed E-state index contributed by atoms with van der Waals surface area (Å²) < 4.78 is 2.22. The third-order valence-electron chi connectivity index (χ3n) is 4.72. The molecular weight excluding hydrogens is 304 g/mol. The zero-order valence-corrected chi connectivity index (χ0v) is 15.5. The van der Waals surface area contributed by atoms with Gasteiger partial charge in [0, 0.05) is 44.4 Å². The van der Waals surface area contributed by atoms with Crippen molar-refractivity contribution in [3.63, 3.8) is 0 Å². The number of hydrogen-bond acceptors (Lipinski definition) is 3. The normalized spacial score (nSPS) is 17.4. The molecule has 1 aliphatic rings. The smallest absolute Gasteiger partial charge is 0.245 e. The Kier molecular flexibility index (Phi) is 6.02. The monoisotopic (exact) mass is 334 g/mol. The van der Waals surface area contributed by atoms with Gasteiger partial charge in [-0.3, -0.25) is 9.59 Å². The van der Waals surface area contributed by atoms with Crippen LogP contribution in [0.2, 0.25) is 0 Å². The first-order chi connectivity index (χ1) is 11.3. The molecule has 2 heterocycles. The Labute approximate surface area is 144 Å². The van der Waals surface area contributed by atoms with Crippen LogP contribution >= 0.6 is 0 Å². The number of piperidine rings is 1. The summed E-state index contributed by atoms with van der Waals surface area (Å²) in [5.74, 6) is 1.48. The van der Waals surface area contributed by atoms with Crippen molar-refractivity contribution in [3.8, 4) is 0 Å². The fourth-order valence-corrected chi connectivity index (χ4v) is 3.36. The van der Waals surface area contributed by atoms with Crippen LogP contribution in [0.5, 0.6) is 0 Å². The molecule has 0 aromatic carbocycles. The Morgan fingerprint density at radius 2 is 1.83 bits per heavy atom. The predicted octanol–water partition coefficient (Wildman–Crippen LogP) is 2.33. The molecule has 1 fully saturated rings. The number of amides is 2. The highest BCUT2D eigenvalue weighted by atomic mass is 16.2. The van der Waals surface area contributed by atoms with E-state index in [-0.39, 0.29) is 17.7 Å². The van der Waals surface area contributed by atoms with Crippen molar-refractivity contribution in [2.75, 3.05) is 13.1 Å². The Hall–Kier alpha value is -1.85. The third-order valence-corrected chi connectivity index (χ3v) is 4.72. The summed E-state index contributed by atoms with van der Waals surface area (Å²) >= 11 is 0. The van der Waals surface area contributed by atoms with Crippen LogP contribution in [0.25, 0.3) is 0 Å².